The van der Waals surface area contributed by atoms with Crippen LogP contribution < -0.4 is 5.32 Å². The zero-order valence-electron chi connectivity index (χ0n) is 13.5. The van der Waals surface area contributed by atoms with Crippen molar-refractivity contribution in [2.75, 3.05) is 25.0 Å². The van der Waals surface area contributed by atoms with Gasteiger partial charge in [-0.15, -0.1) is 0 Å². The van der Waals surface area contributed by atoms with Crippen molar-refractivity contribution in [1.29, 1.82) is 0 Å². The van der Waals surface area contributed by atoms with Gasteiger partial charge in [0.05, 0.1) is 0 Å². The highest BCUT2D eigenvalue weighted by molar-refractivity contribution is 6.02. The monoisotopic (exact) mass is 324 g/mol. The van der Waals surface area contributed by atoms with Crippen LogP contribution >= 0.6 is 0 Å². The van der Waals surface area contributed by atoms with Crippen LogP contribution in [0.2, 0.25) is 0 Å². The van der Waals surface area contributed by atoms with Crippen molar-refractivity contribution < 1.29 is 4.79 Å². The van der Waals surface area contributed by atoms with Crippen LogP contribution in [0.5, 0.6) is 0 Å². The Morgan fingerprint density at radius 3 is 2.83 bits per heavy atom. The molecule has 0 aromatic heterocycles. The van der Waals surface area contributed by atoms with E-state index in [4.69, 9.17) is 0 Å². The van der Waals surface area contributed by atoms with E-state index in [0.29, 0.717) is 12.3 Å². The van der Waals surface area contributed by atoms with Gasteiger partial charge in [-0.25, -0.2) is 0 Å². The number of piperidine rings is 2. The van der Waals surface area contributed by atoms with Crippen molar-refractivity contribution in [3.8, 4) is 0 Å². The molecular weight excluding hydrogens is 296 g/mol. The fraction of sp³-hybridized carbons (Fsp3) is 0.476. The molecule has 3 atom stereocenters. The molecule has 2 aliphatic rings. The first-order valence-corrected chi connectivity index (χ1v) is 8.79. The molecule has 0 aliphatic carbocycles. The van der Waals surface area contributed by atoms with E-state index in [0.717, 1.165) is 17.0 Å². The number of amides is 1. The molecule has 3 unspecified atom stereocenters. The fourth-order valence-corrected chi connectivity index (χ4v) is 4.31. The zero-order chi connectivity index (χ0) is 15.6. The Kier molecular flexibility index (Phi) is 5.20. The average Bonchev–Trinajstić information content (AvgIpc) is 2.58. The minimum absolute atomic E-state index is 0. The van der Waals surface area contributed by atoms with Crippen molar-refractivity contribution in [3.05, 3.63) is 42.5 Å². The molecule has 0 saturated carbocycles. The Bertz CT molecular complexity index is 707. The number of rotatable bonds is 3. The number of carbonyl (C=O) groups excluding carboxylic acids is 1. The summed E-state index contributed by atoms with van der Waals surface area (Å²) in [5.41, 5.74) is 0.939. The third kappa shape index (κ3) is 3.46. The first-order chi connectivity index (χ1) is 11.3. The number of hydrogen-bond acceptors (Lipinski definition) is 2. The molecule has 2 saturated heterocycles. The Morgan fingerprint density at radius 1 is 1.08 bits per heavy atom. The van der Waals surface area contributed by atoms with Crippen molar-refractivity contribution in [3.63, 3.8) is 0 Å². The lowest BCUT2D eigenvalue weighted by Gasteiger charge is -2.42. The maximum Gasteiger partial charge on any atom is 0.224 e. The maximum atomic E-state index is 12.6. The number of benzene rings is 2. The van der Waals surface area contributed by atoms with Gasteiger partial charge in [0, 0.05) is 24.0 Å². The van der Waals surface area contributed by atoms with Gasteiger partial charge in [0.15, 0.2) is 0 Å². The Balaban J connectivity index is 0.00000169. The number of nitrogens with one attached hydrogen (secondary N) is 1. The molecule has 3 heteroatoms. The lowest BCUT2D eigenvalue weighted by molar-refractivity contribution is -0.118. The molecule has 3 nitrogen and oxygen atoms in total. The van der Waals surface area contributed by atoms with Gasteiger partial charge < -0.3 is 10.2 Å². The second kappa shape index (κ2) is 7.35. The third-order valence-corrected chi connectivity index (χ3v) is 5.54. The van der Waals surface area contributed by atoms with Gasteiger partial charge in [-0.1, -0.05) is 43.8 Å². The molecule has 1 N–H and O–H groups in total. The topological polar surface area (TPSA) is 32.3 Å². The van der Waals surface area contributed by atoms with E-state index < -0.39 is 0 Å². The fourth-order valence-electron chi connectivity index (χ4n) is 4.31. The van der Waals surface area contributed by atoms with E-state index in [1.807, 2.05) is 24.3 Å². The van der Waals surface area contributed by atoms with Crippen LogP contribution in [0, 0.1) is 11.8 Å². The summed E-state index contributed by atoms with van der Waals surface area (Å²) in [7, 11) is 0. The SMILES string of the molecule is C.O=C(CC1CCN2CCCC1C2)Nc1cccc2ccccc12. The molecule has 2 bridgehead atoms. The molecule has 24 heavy (non-hydrogen) atoms. The van der Waals surface area contributed by atoms with Crippen LogP contribution in [0.4, 0.5) is 5.69 Å². The van der Waals surface area contributed by atoms with Gasteiger partial charge in [-0.05, 0) is 55.6 Å². The van der Waals surface area contributed by atoms with Crippen LogP contribution in [0.1, 0.15) is 33.1 Å². The van der Waals surface area contributed by atoms with Crippen LogP contribution in [-0.2, 0) is 4.79 Å². The molecule has 4 rings (SSSR count). The first kappa shape index (κ1) is 17.0. The summed E-state index contributed by atoms with van der Waals surface area (Å²) in [6, 6.07) is 14.3. The van der Waals surface area contributed by atoms with E-state index in [1.165, 1.54) is 44.3 Å². The van der Waals surface area contributed by atoms with Crippen molar-refractivity contribution in [2.45, 2.75) is 33.1 Å². The Labute approximate surface area is 145 Å². The van der Waals surface area contributed by atoms with Gasteiger partial charge in [-0.3, -0.25) is 4.79 Å². The molecule has 0 radical (unpaired) electrons. The lowest BCUT2D eigenvalue weighted by atomic mass is 9.78. The third-order valence-electron chi connectivity index (χ3n) is 5.54. The summed E-state index contributed by atoms with van der Waals surface area (Å²) in [6.07, 6.45) is 4.43. The predicted octanol–water partition coefficient (Wildman–Crippen LogP) is 4.54. The number of fused-ring (bicyclic) bond motifs is 3. The van der Waals surface area contributed by atoms with E-state index in [2.05, 4.69) is 28.4 Å². The molecular formula is C21H28N2O. The summed E-state index contributed by atoms with van der Waals surface area (Å²) in [5, 5.41) is 5.45. The molecule has 1 amide bonds. The van der Waals surface area contributed by atoms with Crippen molar-refractivity contribution in [1.82, 2.24) is 4.90 Å². The molecule has 2 aromatic rings. The maximum absolute atomic E-state index is 12.6. The quantitative estimate of drug-likeness (QED) is 0.899. The molecule has 2 heterocycles. The van der Waals surface area contributed by atoms with E-state index in [1.54, 1.807) is 0 Å². The highest BCUT2D eigenvalue weighted by Gasteiger charge is 2.33. The summed E-state index contributed by atoms with van der Waals surface area (Å²) in [4.78, 5) is 15.1. The van der Waals surface area contributed by atoms with E-state index >= 15 is 0 Å². The minimum atomic E-state index is 0. The number of anilines is 1. The van der Waals surface area contributed by atoms with Crippen molar-refractivity contribution >= 4 is 22.4 Å². The van der Waals surface area contributed by atoms with Crippen LogP contribution in [0.15, 0.2) is 42.5 Å². The zero-order valence-corrected chi connectivity index (χ0v) is 13.5. The summed E-state index contributed by atoms with van der Waals surface area (Å²) in [5.74, 6) is 1.45. The summed E-state index contributed by atoms with van der Waals surface area (Å²) >= 11 is 0. The highest BCUT2D eigenvalue weighted by atomic mass is 16.1. The molecule has 2 aliphatic heterocycles. The smallest absolute Gasteiger partial charge is 0.224 e. The van der Waals surface area contributed by atoms with Crippen LogP contribution in [0.3, 0.4) is 0 Å². The van der Waals surface area contributed by atoms with Gasteiger partial charge in [0.2, 0.25) is 5.91 Å². The molecule has 2 aromatic carbocycles. The molecule has 0 spiro atoms. The van der Waals surface area contributed by atoms with E-state index in [9.17, 15) is 4.79 Å². The summed E-state index contributed by atoms with van der Waals surface area (Å²) < 4.78 is 0. The van der Waals surface area contributed by atoms with Crippen molar-refractivity contribution in [2.24, 2.45) is 11.8 Å². The Hall–Kier alpha value is -1.87. The number of hydrogen-bond donors (Lipinski definition) is 1. The second-order valence-electron chi connectivity index (χ2n) is 7.03. The minimum Gasteiger partial charge on any atom is -0.326 e. The van der Waals surface area contributed by atoms with Crippen LogP contribution in [-0.4, -0.2) is 30.4 Å². The van der Waals surface area contributed by atoms with E-state index in [-0.39, 0.29) is 13.3 Å². The lowest BCUT2D eigenvalue weighted by Crippen LogP contribution is -2.45. The largest absolute Gasteiger partial charge is 0.326 e. The normalized spacial score (nSPS) is 25.8. The molecule has 2 fully saturated rings. The van der Waals surface area contributed by atoms with Gasteiger partial charge in [0.1, 0.15) is 0 Å². The summed E-state index contributed by atoms with van der Waals surface area (Å²) in [6.45, 7) is 3.63. The Morgan fingerprint density at radius 2 is 1.92 bits per heavy atom. The number of carbonyl (C=O) groups is 1. The number of nitrogens with zero attached hydrogens (tertiary/aromatic N) is 1. The van der Waals surface area contributed by atoms with Crippen LogP contribution in [0.25, 0.3) is 10.8 Å². The average molecular weight is 324 g/mol. The van der Waals surface area contributed by atoms with Gasteiger partial charge in [0.25, 0.3) is 0 Å². The predicted molar refractivity (Wildman–Crippen MR) is 101 cm³/mol. The molecule has 128 valence electrons. The van der Waals surface area contributed by atoms with Gasteiger partial charge in [-0.2, -0.15) is 0 Å². The van der Waals surface area contributed by atoms with Gasteiger partial charge >= 0.3 is 0 Å². The highest BCUT2D eigenvalue weighted by Crippen LogP contribution is 2.33. The first-order valence-electron chi connectivity index (χ1n) is 8.79. The standard InChI is InChI=1S/C20H24N2O.CH4/c23-20(13-16-10-12-22-11-4-7-17(16)14-22)21-19-9-3-6-15-5-1-2-8-18(15)19;/h1-3,5-6,8-9,16-17H,4,7,10-14H2,(H,21,23);1H4. The second-order valence-corrected chi connectivity index (χ2v) is 7.03.